The highest BCUT2D eigenvalue weighted by Gasteiger charge is 2.05. The van der Waals surface area contributed by atoms with Crippen LogP contribution in [0.15, 0.2) is 18.2 Å². The number of nitrogens with zero attached hydrogens (tertiary/aromatic N) is 1. The Balaban J connectivity index is 2.67. The van der Waals surface area contributed by atoms with Crippen molar-refractivity contribution in [2.24, 2.45) is 0 Å². The number of pyridine rings is 1. The van der Waals surface area contributed by atoms with E-state index < -0.39 is 0 Å². The average molecular weight is 195 g/mol. The molecule has 0 bridgehead atoms. The molecule has 2 rings (SSSR count). The van der Waals surface area contributed by atoms with Gasteiger partial charge in [-0.15, -0.1) is 0 Å². The number of Topliss-reactive ketones (excluding diaryl/α,β-unsaturated/α-hetero) is 1. The SMILES string of the molecule is CC(=O)c1ccc2cc(F)sc2n1. The summed E-state index contributed by atoms with van der Waals surface area (Å²) in [6, 6.07) is 4.73. The van der Waals surface area contributed by atoms with Crippen LogP contribution < -0.4 is 0 Å². The highest BCUT2D eigenvalue weighted by molar-refractivity contribution is 7.17. The molecule has 0 saturated heterocycles. The zero-order valence-corrected chi connectivity index (χ0v) is 7.69. The van der Waals surface area contributed by atoms with Gasteiger partial charge in [0.2, 0.25) is 0 Å². The van der Waals surface area contributed by atoms with Crippen LogP contribution in [0.2, 0.25) is 0 Å². The quantitative estimate of drug-likeness (QED) is 0.655. The second kappa shape index (κ2) is 2.88. The molecule has 0 spiro atoms. The van der Waals surface area contributed by atoms with Gasteiger partial charge >= 0.3 is 0 Å². The summed E-state index contributed by atoms with van der Waals surface area (Å²) in [5.74, 6) is -0.101. The van der Waals surface area contributed by atoms with Crippen LogP contribution in [0.4, 0.5) is 4.39 Å². The molecule has 0 aliphatic heterocycles. The smallest absolute Gasteiger partial charge is 0.179 e. The molecular formula is C9H6FNOS. The summed E-state index contributed by atoms with van der Waals surface area (Å²) in [6.07, 6.45) is 0. The lowest BCUT2D eigenvalue weighted by Crippen LogP contribution is -1.94. The van der Waals surface area contributed by atoms with Crippen LogP contribution in [0.25, 0.3) is 10.2 Å². The van der Waals surface area contributed by atoms with Crippen LogP contribution >= 0.6 is 11.3 Å². The molecule has 2 aromatic heterocycles. The van der Waals surface area contributed by atoms with Crippen molar-refractivity contribution in [1.29, 1.82) is 0 Å². The van der Waals surface area contributed by atoms with Gasteiger partial charge in [-0.25, -0.2) is 4.98 Å². The summed E-state index contributed by atoms with van der Waals surface area (Å²) in [4.78, 5) is 15.5. The van der Waals surface area contributed by atoms with Gasteiger partial charge in [0.05, 0.1) is 0 Å². The van der Waals surface area contributed by atoms with Crippen LogP contribution in [0.5, 0.6) is 0 Å². The number of aromatic nitrogens is 1. The number of rotatable bonds is 1. The molecule has 0 unspecified atom stereocenters. The fourth-order valence-corrected chi connectivity index (χ4v) is 1.84. The van der Waals surface area contributed by atoms with Gasteiger partial charge in [0, 0.05) is 12.3 Å². The van der Waals surface area contributed by atoms with Crippen LogP contribution in [0, 0.1) is 5.13 Å². The van der Waals surface area contributed by atoms with E-state index in [2.05, 4.69) is 4.98 Å². The molecule has 2 aromatic rings. The second-order valence-corrected chi connectivity index (χ2v) is 3.68. The summed E-state index contributed by atoms with van der Waals surface area (Å²) >= 11 is 0.954. The molecule has 0 fully saturated rings. The van der Waals surface area contributed by atoms with Gasteiger partial charge in [-0.05, 0) is 18.2 Å². The molecule has 0 saturated carbocycles. The fraction of sp³-hybridized carbons (Fsp3) is 0.111. The summed E-state index contributed by atoms with van der Waals surface area (Å²) in [7, 11) is 0. The Bertz CT molecular complexity index is 477. The maximum atomic E-state index is 12.7. The zero-order valence-electron chi connectivity index (χ0n) is 6.87. The molecule has 0 aliphatic carbocycles. The Labute approximate surface area is 78.0 Å². The monoisotopic (exact) mass is 195 g/mol. The minimum Gasteiger partial charge on any atom is -0.293 e. The van der Waals surface area contributed by atoms with Crippen molar-refractivity contribution >= 4 is 27.3 Å². The molecule has 0 radical (unpaired) electrons. The van der Waals surface area contributed by atoms with Crippen molar-refractivity contribution in [1.82, 2.24) is 4.98 Å². The fourth-order valence-electron chi connectivity index (χ4n) is 1.08. The lowest BCUT2D eigenvalue weighted by molar-refractivity contribution is 0.101. The number of fused-ring (bicyclic) bond motifs is 1. The Morgan fingerprint density at radius 3 is 3.00 bits per heavy atom. The number of thiophene rings is 1. The third-order valence-electron chi connectivity index (χ3n) is 1.71. The Hall–Kier alpha value is -1.29. The topological polar surface area (TPSA) is 30.0 Å². The van der Waals surface area contributed by atoms with E-state index in [-0.39, 0.29) is 10.9 Å². The van der Waals surface area contributed by atoms with Crippen molar-refractivity contribution in [3.8, 4) is 0 Å². The van der Waals surface area contributed by atoms with E-state index in [9.17, 15) is 9.18 Å². The molecule has 0 aliphatic rings. The van der Waals surface area contributed by atoms with Crippen LogP contribution in [-0.2, 0) is 0 Å². The first kappa shape index (κ1) is 8.31. The zero-order chi connectivity index (χ0) is 9.42. The average Bonchev–Trinajstić information content (AvgIpc) is 2.42. The summed E-state index contributed by atoms with van der Waals surface area (Å²) in [5, 5.41) is 0.468. The molecule has 0 N–H and O–H groups in total. The van der Waals surface area contributed by atoms with Crippen LogP contribution in [0.3, 0.4) is 0 Å². The van der Waals surface area contributed by atoms with Gasteiger partial charge in [-0.1, -0.05) is 11.3 Å². The minimum absolute atomic E-state index is 0.101. The first-order valence-electron chi connectivity index (χ1n) is 3.74. The Morgan fingerprint density at radius 2 is 2.31 bits per heavy atom. The molecule has 0 aromatic carbocycles. The van der Waals surface area contributed by atoms with Crippen LogP contribution in [-0.4, -0.2) is 10.8 Å². The summed E-state index contributed by atoms with van der Waals surface area (Å²) < 4.78 is 12.7. The van der Waals surface area contributed by atoms with Crippen molar-refractivity contribution in [3.63, 3.8) is 0 Å². The molecule has 2 heterocycles. The van der Waals surface area contributed by atoms with E-state index in [4.69, 9.17) is 0 Å². The minimum atomic E-state index is -0.275. The number of carbonyl (C=O) groups is 1. The van der Waals surface area contributed by atoms with E-state index >= 15 is 0 Å². The number of hydrogen-bond acceptors (Lipinski definition) is 3. The summed E-state index contributed by atoms with van der Waals surface area (Å²) in [5.41, 5.74) is 0.384. The third kappa shape index (κ3) is 1.45. The van der Waals surface area contributed by atoms with E-state index in [0.29, 0.717) is 10.5 Å². The second-order valence-electron chi connectivity index (χ2n) is 2.70. The van der Waals surface area contributed by atoms with Crippen molar-refractivity contribution < 1.29 is 9.18 Å². The van der Waals surface area contributed by atoms with E-state index in [1.807, 2.05) is 0 Å². The molecule has 13 heavy (non-hydrogen) atoms. The van der Waals surface area contributed by atoms with Gasteiger partial charge < -0.3 is 0 Å². The van der Waals surface area contributed by atoms with Crippen molar-refractivity contribution in [2.75, 3.05) is 0 Å². The van der Waals surface area contributed by atoms with Gasteiger partial charge in [0.15, 0.2) is 10.9 Å². The molecule has 0 amide bonds. The van der Waals surface area contributed by atoms with Gasteiger partial charge in [0.1, 0.15) is 10.5 Å². The normalized spacial score (nSPS) is 10.6. The molecule has 66 valence electrons. The first-order chi connectivity index (χ1) is 6.16. The van der Waals surface area contributed by atoms with Gasteiger partial charge in [0.25, 0.3) is 0 Å². The molecule has 4 heteroatoms. The number of ketones is 1. The van der Waals surface area contributed by atoms with E-state index in [1.54, 1.807) is 12.1 Å². The Kier molecular flexibility index (Phi) is 1.84. The number of carbonyl (C=O) groups excluding carboxylic acids is 1. The molecule has 2 nitrogen and oxygen atoms in total. The van der Waals surface area contributed by atoms with E-state index in [1.165, 1.54) is 13.0 Å². The molecular weight excluding hydrogens is 189 g/mol. The Morgan fingerprint density at radius 1 is 1.54 bits per heavy atom. The first-order valence-corrected chi connectivity index (χ1v) is 4.55. The number of halogens is 1. The van der Waals surface area contributed by atoms with E-state index in [0.717, 1.165) is 16.7 Å². The predicted octanol–water partition coefficient (Wildman–Crippen LogP) is 2.64. The van der Waals surface area contributed by atoms with Gasteiger partial charge in [-0.3, -0.25) is 4.79 Å². The molecule has 0 atom stereocenters. The van der Waals surface area contributed by atoms with Crippen molar-refractivity contribution in [2.45, 2.75) is 6.92 Å². The lowest BCUT2D eigenvalue weighted by Gasteiger charge is -1.92. The standard InChI is InChI=1S/C9H6FNOS/c1-5(12)7-3-2-6-4-8(10)13-9(6)11-7/h2-4H,1H3. The maximum Gasteiger partial charge on any atom is 0.179 e. The highest BCUT2D eigenvalue weighted by Crippen LogP contribution is 2.22. The lowest BCUT2D eigenvalue weighted by atomic mass is 10.2. The predicted molar refractivity (Wildman–Crippen MR) is 49.6 cm³/mol. The maximum absolute atomic E-state index is 12.7. The van der Waals surface area contributed by atoms with Crippen molar-refractivity contribution in [3.05, 3.63) is 29.0 Å². The highest BCUT2D eigenvalue weighted by atomic mass is 32.1. The van der Waals surface area contributed by atoms with Gasteiger partial charge in [-0.2, -0.15) is 4.39 Å². The number of hydrogen-bond donors (Lipinski definition) is 0. The third-order valence-corrected chi connectivity index (χ3v) is 2.55. The van der Waals surface area contributed by atoms with Crippen LogP contribution in [0.1, 0.15) is 17.4 Å². The largest absolute Gasteiger partial charge is 0.293 e. The summed E-state index contributed by atoms with van der Waals surface area (Å²) in [6.45, 7) is 1.44.